The Kier molecular flexibility index (Phi) is 4.55. The van der Waals surface area contributed by atoms with Gasteiger partial charge in [0.2, 0.25) is 10.0 Å². The fourth-order valence-corrected chi connectivity index (χ4v) is 6.20. The average Bonchev–Trinajstić information content (AvgIpc) is 3.38. The van der Waals surface area contributed by atoms with Gasteiger partial charge < -0.3 is 9.88 Å². The first-order valence-corrected chi connectivity index (χ1v) is 11.6. The first-order valence-electron chi connectivity index (χ1n) is 10.2. The van der Waals surface area contributed by atoms with Crippen LogP contribution in [0.25, 0.3) is 11.0 Å². The minimum absolute atomic E-state index is 0.00955. The Bertz CT molecular complexity index is 1100. The second kappa shape index (κ2) is 7.11. The van der Waals surface area contributed by atoms with E-state index in [-0.39, 0.29) is 11.5 Å². The predicted octanol–water partition coefficient (Wildman–Crippen LogP) is 3.08. The van der Waals surface area contributed by atoms with E-state index in [0.29, 0.717) is 4.90 Å². The summed E-state index contributed by atoms with van der Waals surface area (Å²) in [5.41, 5.74) is 1.12. The van der Waals surface area contributed by atoms with E-state index in [4.69, 9.17) is 0 Å². The number of anilines is 1. The summed E-state index contributed by atoms with van der Waals surface area (Å²) in [4.78, 5) is 14.7. The number of fused-ring (bicyclic) bond motifs is 1. The molecule has 2 aromatic heterocycles. The van der Waals surface area contributed by atoms with Crippen LogP contribution >= 0.6 is 0 Å². The average molecular weight is 412 g/mol. The number of hydrogen-bond donors (Lipinski definition) is 2. The number of benzene rings is 1. The van der Waals surface area contributed by atoms with Crippen molar-refractivity contribution in [3.05, 3.63) is 48.9 Å². The molecule has 2 N–H and O–H groups in total. The van der Waals surface area contributed by atoms with E-state index in [2.05, 4.69) is 24.6 Å². The van der Waals surface area contributed by atoms with E-state index in [9.17, 15) is 8.42 Å². The third kappa shape index (κ3) is 3.51. The number of hydrogen-bond acceptors (Lipinski definition) is 5. The van der Waals surface area contributed by atoms with Gasteiger partial charge in [-0.05, 0) is 55.7 Å². The highest BCUT2D eigenvalue weighted by Crippen LogP contribution is 2.45. The van der Waals surface area contributed by atoms with E-state index in [0.717, 1.165) is 62.0 Å². The van der Waals surface area contributed by atoms with Gasteiger partial charge in [0, 0.05) is 25.3 Å². The zero-order valence-corrected chi connectivity index (χ0v) is 17.0. The van der Waals surface area contributed by atoms with Crippen LogP contribution in [0.4, 0.5) is 5.82 Å². The third-order valence-corrected chi connectivity index (χ3v) is 8.03. The minimum atomic E-state index is -3.45. The van der Waals surface area contributed by atoms with Gasteiger partial charge >= 0.3 is 0 Å². The number of nitrogens with zero attached hydrogens (tertiary/aromatic N) is 3. The number of aromatic amines is 1. The molecule has 1 aromatic carbocycles. The molecule has 2 fully saturated rings. The number of rotatable bonds is 4. The van der Waals surface area contributed by atoms with Gasteiger partial charge in [0.15, 0.2) is 0 Å². The maximum absolute atomic E-state index is 12.6. The monoisotopic (exact) mass is 411 g/mol. The van der Waals surface area contributed by atoms with Gasteiger partial charge in [-0.25, -0.2) is 23.1 Å². The van der Waals surface area contributed by atoms with Crippen molar-refractivity contribution in [2.75, 3.05) is 18.0 Å². The summed E-state index contributed by atoms with van der Waals surface area (Å²) in [5, 5.41) is 1.06. The van der Waals surface area contributed by atoms with Gasteiger partial charge in [-0.15, -0.1) is 0 Å². The lowest BCUT2D eigenvalue weighted by atomic mass is 9.72. The highest BCUT2D eigenvalue weighted by atomic mass is 32.2. The zero-order chi connectivity index (χ0) is 19.9. The molecule has 2 aliphatic rings. The van der Waals surface area contributed by atoms with E-state index in [1.807, 2.05) is 18.3 Å². The minimum Gasteiger partial charge on any atom is -0.355 e. The van der Waals surface area contributed by atoms with Gasteiger partial charge in [-0.1, -0.05) is 18.2 Å². The van der Waals surface area contributed by atoms with Crippen LogP contribution < -0.4 is 9.62 Å². The van der Waals surface area contributed by atoms with E-state index < -0.39 is 10.0 Å². The van der Waals surface area contributed by atoms with Crippen LogP contribution in [0.5, 0.6) is 0 Å². The molecule has 5 rings (SSSR count). The second-order valence-corrected chi connectivity index (χ2v) is 10.0. The number of nitrogens with one attached hydrogen (secondary N) is 2. The molecule has 29 heavy (non-hydrogen) atoms. The summed E-state index contributed by atoms with van der Waals surface area (Å²) in [5.74, 6) is 1.00. The molecule has 0 amide bonds. The molecule has 0 bridgehead atoms. The Morgan fingerprint density at radius 1 is 1.07 bits per heavy atom. The topological polar surface area (TPSA) is 91.0 Å². The predicted molar refractivity (Wildman–Crippen MR) is 112 cm³/mol. The molecular formula is C21H25N5O2S. The molecule has 3 aromatic rings. The Balaban J connectivity index is 1.25. The maximum Gasteiger partial charge on any atom is 0.240 e. The Morgan fingerprint density at radius 3 is 2.66 bits per heavy atom. The van der Waals surface area contributed by atoms with E-state index in [1.165, 1.54) is 0 Å². The summed E-state index contributed by atoms with van der Waals surface area (Å²) in [6, 6.07) is 10.7. The van der Waals surface area contributed by atoms with Gasteiger partial charge in [-0.3, -0.25) is 0 Å². The molecule has 0 atom stereocenters. The summed E-state index contributed by atoms with van der Waals surface area (Å²) in [6.07, 6.45) is 8.47. The molecule has 7 nitrogen and oxygen atoms in total. The maximum atomic E-state index is 12.6. The third-order valence-electron chi connectivity index (χ3n) is 6.49. The zero-order valence-electron chi connectivity index (χ0n) is 16.2. The fraction of sp³-hybridized carbons (Fsp3) is 0.429. The van der Waals surface area contributed by atoms with Crippen molar-refractivity contribution in [1.82, 2.24) is 19.7 Å². The van der Waals surface area contributed by atoms with Crippen LogP contribution in [0.2, 0.25) is 0 Å². The van der Waals surface area contributed by atoms with Gasteiger partial charge in [0.05, 0.1) is 10.3 Å². The van der Waals surface area contributed by atoms with Crippen molar-refractivity contribution >= 4 is 26.9 Å². The van der Waals surface area contributed by atoms with Crippen LogP contribution in [0.15, 0.2) is 53.8 Å². The number of aromatic nitrogens is 3. The van der Waals surface area contributed by atoms with Crippen LogP contribution in [-0.4, -0.2) is 42.5 Å². The Morgan fingerprint density at radius 2 is 1.86 bits per heavy atom. The summed E-state index contributed by atoms with van der Waals surface area (Å²) in [6.45, 7) is 1.96. The summed E-state index contributed by atoms with van der Waals surface area (Å²) < 4.78 is 28.1. The summed E-state index contributed by atoms with van der Waals surface area (Å²) >= 11 is 0. The Labute approximate surface area is 170 Å². The van der Waals surface area contributed by atoms with Crippen molar-refractivity contribution < 1.29 is 8.42 Å². The van der Waals surface area contributed by atoms with Crippen molar-refractivity contribution in [2.24, 2.45) is 5.41 Å². The van der Waals surface area contributed by atoms with E-state index in [1.54, 1.807) is 30.6 Å². The molecule has 0 radical (unpaired) electrons. The van der Waals surface area contributed by atoms with Crippen LogP contribution in [0.1, 0.15) is 32.1 Å². The van der Waals surface area contributed by atoms with Crippen molar-refractivity contribution in [3.63, 3.8) is 0 Å². The lowest BCUT2D eigenvalue weighted by Gasteiger charge is -2.37. The van der Waals surface area contributed by atoms with Gasteiger partial charge in [-0.2, -0.15) is 0 Å². The number of sulfonamides is 1. The summed E-state index contributed by atoms with van der Waals surface area (Å²) in [7, 11) is -3.45. The normalized spacial score (nSPS) is 25.1. The largest absolute Gasteiger partial charge is 0.355 e. The Hall–Kier alpha value is -2.45. The molecule has 1 spiro atoms. The SMILES string of the molecule is O=S(=O)(NC1CCC2(CC1)CCN(c1ncnc3[nH]ccc13)C2)c1ccccc1. The molecule has 1 saturated heterocycles. The first kappa shape index (κ1) is 18.6. The van der Waals surface area contributed by atoms with Crippen molar-refractivity contribution in [2.45, 2.75) is 43.0 Å². The standard InChI is InChI=1S/C21H25N5O2S/c27-29(28,17-4-2-1-3-5-17)25-16-6-9-21(10-7-16)11-13-26(14-21)20-18-8-12-22-19(18)23-15-24-20/h1-5,8,12,15-16,25H,6-7,9-11,13-14H2,(H,22,23,24). The molecule has 8 heteroatoms. The molecule has 1 aliphatic heterocycles. The van der Waals surface area contributed by atoms with E-state index >= 15 is 0 Å². The lowest BCUT2D eigenvalue weighted by Crippen LogP contribution is -2.41. The lowest BCUT2D eigenvalue weighted by molar-refractivity contribution is 0.196. The first-order chi connectivity index (χ1) is 14.0. The van der Waals surface area contributed by atoms with Crippen LogP contribution in [0.3, 0.4) is 0 Å². The van der Waals surface area contributed by atoms with Gasteiger partial charge in [0.25, 0.3) is 0 Å². The van der Waals surface area contributed by atoms with Crippen molar-refractivity contribution in [3.8, 4) is 0 Å². The fourth-order valence-electron chi connectivity index (χ4n) is 4.87. The molecule has 152 valence electrons. The molecule has 3 heterocycles. The van der Waals surface area contributed by atoms with Crippen LogP contribution in [0, 0.1) is 5.41 Å². The highest BCUT2D eigenvalue weighted by molar-refractivity contribution is 7.89. The second-order valence-electron chi connectivity index (χ2n) is 8.32. The smallest absolute Gasteiger partial charge is 0.240 e. The molecular weight excluding hydrogens is 386 g/mol. The molecule has 1 saturated carbocycles. The molecule has 0 unspecified atom stereocenters. The highest BCUT2D eigenvalue weighted by Gasteiger charge is 2.42. The van der Waals surface area contributed by atoms with Crippen LogP contribution in [-0.2, 0) is 10.0 Å². The molecule has 1 aliphatic carbocycles. The quantitative estimate of drug-likeness (QED) is 0.688. The number of H-pyrrole nitrogens is 1. The van der Waals surface area contributed by atoms with Crippen molar-refractivity contribution in [1.29, 1.82) is 0 Å². The van der Waals surface area contributed by atoms with Gasteiger partial charge in [0.1, 0.15) is 17.8 Å².